The number of carbonyl (C=O) groups excluding carboxylic acids is 2. The molecule has 35 heavy (non-hydrogen) atoms. The number of amides is 1. The lowest BCUT2D eigenvalue weighted by atomic mass is 9.95. The van der Waals surface area contributed by atoms with Crippen LogP contribution in [-0.4, -0.2) is 68.5 Å². The highest BCUT2D eigenvalue weighted by Gasteiger charge is 2.55. The summed E-state index contributed by atoms with van der Waals surface area (Å²) in [6.07, 6.45) is -5.63. The molecule has 1 amide bonds. The summed E-state index contributed by atoms with van der Waals surface area (Å²) in [4.78, 5) is 24.7. The van der Waals surface area contributed by atoms with Crippen molar-refractivity contribution in [2.24, 2.45) is 0 Å². The lowest BCUT2D eigenvalue weighted by molar-refractivity contribution is -0.336. The van der Waals surface area contributed by atoms with Crippen molar-refractivity contribution in [3.05, 3.63) is 35.9 Å². The molecule has 6 atom stereocenters. The van der Waals surface area contributed by atoms with E-state index in [1.165, 1.54) is 0 Å². The van der Waals surface area contributed by atoms with Crippen LogP contribution in [0.15, 0.2) is 30.3 Å². The van der Waals surface area contributed by atoms with Gasteiger partial charge in [-0.05, 0) is 0 Å². The molecule has 194 valence electrons. The third-order valence-electron chi connectivity index (χ3n) is 4.83. The van der Waals surface area contributed by atoms with Crippen molar-refractivity contribution in [3.8, 4) is 0 Å². The van der Waals surface area contributed by atoms with Gasteiger partial charge in [0.2, 0.25) is 12.2 Å². The molecule has 1 unspecified atom stereocenters. The van der Waals surface area contributed by atoms with Gasteiger partial charge in [-0.15, -0.1) is 11.6 Å². The summed E-state index contributed by atoms with van der Waals surface area (Å²) in [6, 6.07) is 7.52. The second kappa shape index (κ2) is 11.9. The molecular weight excluding hydrogens is 616 g/mol. The molecule has 2 fully saturated rings. The van der Waals surface area contributed by atoms with E-state index in [1.807, 2.05) is 6.07 Å². The smallest absolute Gasteiger partial charge is 0.321 e. The van der Waals surface area contributed by atoms with E-state index in [0.717, 1.165) is 0 Å². The van der Waals surface area contributed by atoms with E-state index in [1.54, 1.807) is 24.3 Å². The first-order valence-corrected chi connectivity index (χ1v) is 12.5. The van der Waals surface area contributed by atoms with Crippen molar-refractivity contribution in [1.82, 2.24) is 5.32 Å². The van der Waals surface area contributed by atoms with E-state index in [0.29, 0.717) is 5.56 Å². The lowest BCUT2D eigenvalue weighted by Gasteiger charge is -2.48. The Hall–Kier alpha value is -0.460. The second-order valence-corrected chi connectivity index (χ2v) is 12.1. The highest BCUT2D eigenvalue weighted by molar-refractivity contribution is 6.76. The standard InChI is InChI=1S/C19H17Cl7N2O7/c20-6-10(29)33-13-11(28-17(30)19(24,25)26)15(35-16(27)18(21,22)23)32-9-7-31-14(34-12(9)13)8-4-2-1-3-5-8/h1-5,9,11-15,27H,6-7H2,(H,28,30)/t9-,11-,12+,13-,14?,15-/m1/s1. The normalized spacial score (nSPS) is 29.0. The molecule has 1 aromatic rings. The highest BCUT2D eigenvalue weighted by Crippen LogP contribution is 2.38. The van der Waals surface area contributed by atoms with Gasteiger partial charge in [-0.1, -0.05) is 99.9 Å². The monoisotopic (exact) mass is 630 g/mol. The van der Waals surface area contributed by atoms with Crippen LogP contribution >= 0.6 is 81.2 Å². The summed E-state index contributed by atoms with van der Waals surface area (Å²) in [7, 11) is 0. The number of alkyl halides is 7. The number of benzene rings is 1. The summed E-state index contributed by atoms with van der Waals surface area (Å²) in [5, 5.41) is 10.3. The van der Waals surface area contributed by atoms with E-state index >= 15 is 0 Å². The minimum Gasteiger partial charge on any atom is -0.456 e. The minimum atomic E-state index is -2.41. The Bertz CT molecular complexity index is 928. The molecule has 2 saturated heterocycles. The first kappa shape index (κ1) is 29.1. The van der Waals surface area contributed by atoms with Gasteiger partial charge >= 0.3 is 5.97 Å². The van der Waals surface area contributed by atoms with Crippen molar-refractivity contribution in [3.63, 3.8) is 0 Å². The van der Waals surface area contributed by atoms with Crippen LogP contribution < -0.4 is 5.32 Å². The van der Waals surface area contributed by atoms with Crippen LogP contribution in [-0.2, 0) is 33.3 Å². The Morgan fingerprint density at radius 2 is 1.69 bits per heavy atom. The van der Waals surface area contributed by atoms with Gasteiger partial charge in [0.15, 0.2) is 12.4 Å². The van der Waals surface area contributed by atoms with Gasteiger partial charge in [-0.3, -0.25) is 15.0 Å². The average molecular weight is 634 g/mol. The Morgan fingerprint density at radius 1 is 1.03 bits per heavy atom. The predicted molar refractivity (Wildman–Crippen MR) is 131 cm³/mol. The number of rotatable bonds is 5. The fourth-order valence-electron chi connectivity index (χ4n) is 3.34. The van der Waals surface area contributed by atoms with Crippen LogP contribution in [0.1, 0.15) is 11.9 Å². The molecule has 2 aliphatic heterocycles. The van der Waals surface area contributed by atoms with Gasteiger partial charge in [0.1, 0.15) is 24.1 Å². The van der Waals surface area contributed by atoms with E-state index < -0.39 is 68.2 Å². The van der Waals surface area contributed by atoms with E-state index in [-0.39, 0.29) is 6.61 Å². The Morgan fingerprint density at radius 3 is 2.26 bits per heavy atom. The number of ether oxygens (including phenoxy) is 5. The fourth-order valence-corrected chi connectivity index (χ4v) is 3.70. The van der Waals surface area contributed by atoms with Crippen molar-refractivity contribution >= 4 is 99.0 Å². The van der Waals surface area contributed by atoms with Gasteiger partial charge in [0.25, 0.3) is 13.5 Å². The molecule has 0 spiro atoms. The number of hydrogen-bond donors (Lipinski definition) is 2. The zero-order valence-corrected chi connectivity index (χ0v) is 22.6. The first-order chi connectivity index (χ1) is 16.3. The van der Waals surface area contributed by atoms with Crippen LogP contribution in [0.4, 0.5) is 0 Å². The molecule has 0 radical (unpaired) electrons. The molecule has 16 heteroatoms. The zero-order valence-electron chi connectivity index (χ0n) is 17.3. The van der Waals surface area contributed by atoms with Gasteiger partial charge < -0.3 is 29.0 Å². The molecular formula is C19H17Cl7N2O7. The molecule has 2 aliphatic rings. The van der Waals surface area contributed by atoms with Crippen LogP contribution in [0.25, 0.3) is 0 Å². The topological polar surface area (TPSA) is 116 Å². The first-order valence-electron chi connectivity index (χ1n) is 9.74. The molecule has 0 aliphatic carbocycles. The molecule has 0 saturated carbocycles. The summed E-state index contributed by atoms with van der Waals surface area (Å²) in [5.74, 6) is -3.33. The Balaban J connectivity index is 1.96. The second-order valence-electron chi connectivity index (χ2n) is 7.25. The number of halogens is 7. The van der Waals surface area contributed by atoms with Crippen molar-refractivity contribution in [2.75, 3.05) is 12.5 Å². The van der Waals surface area contributed by atoms with Gasteiger partial charge in [0.05, 0.1) is 6.61 Å². The van der Waals surface area contributed by atoms with Crippen molar-refractivity contribution in [2.45, 2.75) is 44.5 Å². The number of fused-ring (bicyclic) bond motifs is 1. The summed E-state index contributed by atoms with van der Waals surface area (Å²) < 4.78 is 23.8. The van der Waals surface area contributed by atoms with E-state index in [9.17, 15) is 9.59 Å². The molecule has 1 aromatic carbocycles. The van der Waals surface area contributed by atoms with Gasteiger partial charge in [-0.2, -0.15) is 0 Å². The maximum atomic E-state index is 12.5. The molecule has 0 aromatic heterocycles. The minimum absolute atomic E-state index is 0.0504. The maximum absolute atomic E-state index is 12.5. The summed E-state index contributed by atoms with van der Waals surface area (Å²) in [6.45, 7) is -0.0504. The third-order valence-corrected chi connectivity index (χ3v) is 6.08. The summed E-state index contributed by atoms with van der Waals surface area (Å²) >= 11 is 39.9. The number of esters is 1. The fraction of sp³-hybridized carbons (Fsp3) is 0.526. The van der Waals surface area contributed by atoms with Crippen molar-refractivity contribution in [1.29, 1.82) is 5.41 Å². The number of hydrogen-bond acceptors (Lipinski definition) is 8. The molecule has 9 nitrogen and oxygen atoms in total. The van der Waals surface area contributed by atoms with E-state index in [4.69, 9.17) is 110 Å². The van der Waals surface area contributed by atoms with Crippen LogP contribution in [0.2, 0.25) is 0 Å². The quantitative estimate of drug-likeness (QED) is 0.216. The Labute approximate surface area is 234 Å². The van der Waals surface area contributed by atoms with Crippen LogP contribution in [0, 0.1) is 5.41 Å². The number of nitrogens with one attached hydrogen (secondary N) is 2. The average Bonchev–Trinajstić information content (AvgIpc) is 2.79. The molecule has 2 heterocycles. The van der Waals surface area contributed by atoms with Gasteiger partial charge in [0, 0.05) is 5.56 Å². The third kappa shape index (κ3) is 7.54. The highest BCUT2D eigenvalue weighted by atomic mass is 35.6. The Kier molecular flexibility index (Phi) is 9.93. The SMILES string of the molecule is N=C(O[C@H]1O[C@@H]2COC(c3ccccc3)O[C@@H]2[C@H](OC(=O)CCl)[C@H]1NC(=O)C(Cl)(Cl)Cl)C(Cl)(Cl)Cl. The lowest BCUT2D eigenvalue weighted by Crippen LogP contribution is -2.68. The predicted octanol–water partition coefficient (Wildman–Crippen LogP) is 4.20. The zero-order chi connectivity index (χ0) is 26.0. The van der Waals surface area contributed by atoms with Crippen molar-refractivity contribution < 1.29 is 33.3 Å². The number of carbonyl (C=O) groups is 2. The molecule has 2 N–H and O–H groups in total. The van der Waals surface area contributed by atoms with Gasteiger partial charge in [-0.25, -0.2) is 0 Å². The van der Waals surface area contributed by atoms with E-state index in [2.05, 4.69) is 5.32 Å². The van der Waals surface area contributed by atoms with Crippen LogP contribution in [0.3, 0.4) is 0 Å². The maximum Gasteiger partial charge on any atom is 0.321 e. The largest absolute Gasteiger partial charge is 0.456 e. The molecule has 0 bridgehead atoms. The molecule has 3 rings (SSSR count). The van der Waals surface area contributed by atoms with Crippen LogP contribution in [0.5, 0.6) is 0 Å². The summed E-state index contributed by atoms with van der Waals surface area (Å²) in [5.41, 5.74) is 0.673.